The van der Waals surface area contributed by atoms with Gasteiger partial charge in [0.05, 0.1) is 0 Å². The fourth-order valence-corrected chi connectivity index (χ4v) is 3.36. The number of amidine groups is 1. The van der Waals surface area contributed by atoms with Crippen molar-refractivity contribution in [1.29, 1.82) is 5.41 Å². The molecular weight excluding hydrogens is 210 g/mol. The van der Waals surface area contributed by atoms with Crippen molar-refractivity contribution in [3.05, 3.63) is 35.4 Å². The van der Waals surface area contributed by atoms with Crippen molar-refractivity contribution in [3.8, 4) is 0 Å². The summed E-state index contributed by atoms with van der Waals surface area (Å²) in [5, 5.41) is 7.61. The first-order valence-electron chi connectivity index (χ1n) is 6.40. The Balaban J connectivity index is 1.79. The quantitative estimate of drug-likeness (QED) is 0.615. The van der Waals surface area contributed by atoms with E-state index in [0.29, 0.717) is 0 Å². The minimum Gasteiger partial charge on any atom is -0.384 e. The Bertz CT molecular complexity index is 441. The van der Waals surface area contributed by atoms with Gasteiger partial charge in [-0.15, -0.1) is 0 Å². The first-order chi connectivity index (χ1) is 8.24. The molecule has 1 saturated carbocycles. The second kappa shape index (κ2) is 4.15. The molecule has 1 aliphatic carbocycles. The van der Waals surface area contributed by atoms with E-state index in [0.717, 1.165) is 24.1 Å². The van der Waals surface area contributed by atoms with Gasteiger partial charge in [-0.2, -0.15) is 0 Å². The molecule has 1 aromatic carbocycles. The molecule has 2 fully saturated rings. The first-order valence-corrected chi connectivity index (χ1v) is 6.40. The normalized spacial score (nSPS) is 27.5. The monoisotopic (exact) mass is 229 g/mol. The largest absolute Gasteiger partial charge is 0.384 e. The van der Waals surface area contributed by atoms with Gasteiger partial charge in [-0.3, -0.25) is 10.3 Å². The molecule has 1 aliphatic heterocycles. The van der Waals surface area contributed by atoms with Crippen molar-refractivity contribution >= 4 is 5.84 Å². The average Bonchev–Trinajstić information content (AvgIpc) is 2.91. The van der Waals surface area contributed by atoms with Gasteiger partial charge in [0, 0.05) is 24.7 Å². The fraction of sp³-hybridized carbons (Fsp3) is 0.500. The summed E-state index contributed by atoms with van der Waals surface area (Å²) in [6.45, 7) is 2.19. The zero-order valence-corrected chi connectivity index (χ0v) is 10.0. The Morgan fingerprint density at radius 2 is 2.18 bits per heavy atom. The summed E-state index contributed by atoms with van der Waals surface area (Å²) in [5.74, 6) is 1.11. The molecule has 3 nitrogen and oxygen atoms in total. The lowest BCUT2D eigenvalue weighted by molar-refractivity contribution is 0.205. The lowest BCUT2D eigenvalue weighted by Gasteiger charge is -2.27. The number of benzene rings is 1. The van der Waals surface area contributed by atoms with E-state index in [1.807, 2.05) is 18.2 Å². The molecule has 1 aromatic rings. The number of piperidine rings is 1. The van der Waals surface area contributed by atoms with Gasteiger partial charge in [0.2, 0.25) is 0 Å². The van der Waals surface area contributed by atoms with Gasteiger partial charge >= 0.3 is 0 Å². The van der Waals surface area contributed by atoms with E-state index in [2.05, 4.69) is 11.0 Å². The summed E-state index contributed by atoms with van der Waals surface area (Å²) in [4.78, 5) is 2.57. The zero-order valence-electron chi connectivity index (χ0n) is 10.0. The van der Waals surface area contributed by atoms with Crippen molar-refractivity contribution in [3.63, 3.8) is 0 Å². The Labute approximate surface area is 102 Å². The van der Waals surface area contributed by atoms with Crippen LogP contribution in [0.2, 0.25) is 0 Å². The lowest BCUT2D eigenvalue weighted by atomic mass is 10.0. The van der Waals surface area contributed by atoms with Gasteiger partial charge in [-0.1, -0.05) is 24.3 Å². The molecule has 2 bridgehead atoms. The number of nitrogens with zero attached hydrogens (tertiary/aromatic N) is 1. The van der Waals surface area contributed by atoms with Crippen molar-refractivity contribution in [2.24, 2.45) is 11.7 Å². The number of rotatable bonds is 3. The molecule has 3 rings (SSSR count). The molecule has 17 heavy (non-hydrogen) atoms. The molecular formula is C14H19N3. The van der Waals surface area contributed by atoms with E-state index < -0.39 is 0 Å². The molecule has 0 aromatic heterocycles. The summed E-state index contributed by atoms with van der Waals surface area (Å²) in [6, 6.07) is 8.82. The number of hydrogen-bond donors (Lipinski definition) is 2. The van der Waals surface area contributed by atoms with Crippen LogP contribution in [0.3, 0.4) is 0 Å². The zero-order chi connectivity index (χ0) is 11.8. The smallest absolute Gasteiger partial charge is 0.123 e. The van der Waals surface area contributed by atoms with E-state index in [1.165, 1.54) is 31.4 Å². The maximum absolute atomic E-state index is 7.61. The second-order valence-electron chi connectivity index (χ2n) is 5.33. The van der Waals surface area contributed by atoms with Crippen LogP contribution in [0.4, 0.5) is 0 Å². The van der Waals surface area contributed by atoms with Crippen LogP contribution in [0.1, 0.15) is 30.4 Å². The summed E-state index contributed by atoms with van der Waals surface area (Å²) in [5.41, 5.74) is 7.73. The summed E-state index contributed by atoms with van der Waals surface area (Å²) in [7, 11) is 0. The highest BCUT2D eigenvalue weighted by Crippen LogP contribution is 2.38. The molecule has 0 amide bonds. The summed E-state index contributed by atoms with van der Waals surface area (Å²) in [6.07, 6.45) is 4.14. The average molecular weight is 229 g/mol. The molecule has 0 spiro atoms. The van der Waals surface area contributed by atoms with Crippen LogP contribution >= 0.6 is 0 Å². The Hall–Kier alpha value is -1.35. The highest BCUT2D eigenvalue weighted by Gasteiger charge is 2.37. The first kappa shape index (κ1) is 10.8. The SMILES string of the molecule is N=C(N)c1ccccc1CN1CC2CCC1C2. The van der Waals surface area contributed by atoms with Gasteiger partial charge in [0.15, 0.2) is 0 Å². The van der Waals surface area contributed by atoms with Crippen LogP contribution in [-0.4, -0.2) is 23.3 Å². The van der Waals surface area contributed by atoms with Crippen LogP contribution in [-0.2, 0) is 6.54 Å². The van der Waals surface area contributed by atoms with E-state index in [4.69, 9.17) is 11.1 Å². The third kappa shape index (κ3) is 1.95. The molecule has 2 unspecified atom stereocenters. The Kier molecular flexibility index (Phi) is 2.63. The van der Waals surface area contributed by atoms with E-state index in [1.54, 1.807) is 0 Å². The molecule has 3 N–H and O–H groups in total. The van der Waals surface area contributed by atoms with Gasteiger partial charge in [-0.25, -0.2) is 0 Å². The minimum atomic E-state index is 0.185. The van der Waals surface area contributed by atoms with Crippen LogP contribution in [0.25, 0.3) is 0 Å². The highest BCUT2D eigenvalue weighted by molar-refractivity contribution is 5.96. The summed E-state index contributed by atoms with van der Waals surface area (Å²) >= 11 is 0. The van der Waals surface area contributed by atoms with E-state index in [-0.39, 0.29) is 5.84 Å². The summed E-state index contributed by atoms with van der Waals surface area (Å²) < 4.78 is 0. The molecule has 0 radical (unpaired) electrons. The molecule has 2 aliphatic rings. The molecule has 1 heterocycles. The molecule has 2 atom stereocenters. The van der Waals surface area contributed by atoms with Crippen molar-refractivity contribution in [1.82, 2.24) is 4.90 Å². The predicted octanol–water partition coefficient (Wildman–Crippen LogP) is 1.95. The number of nitrogen functional groups attached to an aromatic ring is 1. The predicted molar refractivity (Wildman–Crippen MR) is 69.0 cm³/mol. The standard InChI is InChI=1S/C14H19N3/c15-14(16)13-4-2-1-3-11(13)9-17-8-10-5-6-12(17)7-10/h1-4,10,12H,5-9H2,(H3,15,16). The Morgan fingerprint density at radius 3 is 2.82 bits per heavy atom. The van der Waals surface area contributed by atoms with Gasteiger partial charge in [0.25, 0.3) is 0 Å². The second-order valence-corrected chi connectivity index (χ2v) is 5.33. The third-order valence-electron chi connectivity index (χ3n) is 4.20. The fourth-order valence-electron chi connectivity index (χ4n) is 3.36. The number of fused-ring (bicyclic) bond motifs is 2. The number of likely N-dealkylation sites (tertiary alicyclic amines) is 1. The van der Waals surface area contributed by atoms with Gasteiger partial charge < -0.3 is 5.73 Å². The maximum atomic E-state index is 7.61. The van der Waals surface area contributed by atoms with Crippen molar-refractivity contribution in [2.45, 2.75) is 31.8 Å². The lowest BCUT2D eigenvalue weighted by Crippen LogP contribution is -2.32. The number of hydrogen-bond acceptors (Lipinski definition) is 2. The number of nitrogens with one attached hydrogen (secondary N) is 1. The van der Waals surface area contributed by atoms with Gasteiger partial charge in [0.1, 0.15) is 5.84 Å². The third-order valence-corrected chi connectivity index (χ3v) is 4.20. The minimum absolute atomic E-state index is 0.185. The van der Waals surface area contributed by atoms with Crippen LogP contribution in [0.5, 0.6) is 0 Å². The van der Waals surface area contributed by atoms with Gasteiger partial charge in [-0.05, 0) is 30.7 Å². The maximum Gasteiger partial charge on any atom is 0.123 e. The van der Waals surface area contributed by atoms with Crippen LogP contribution < -0.4 is 5.73 Å². The van der Waals surface area contributed by atoms with E-state index >= 15 is 0 Å². The van der Waals surface area contributed by atoms with E-state index in [9.17, 15) is 0 Å². The van der Waals surface area contributed by atoms with Crippen LogP contribution in [0.15, 0.2) is 24.3 Å². The Morgan fingerprint density at radius 1 is 1.35 bits per heavy atom. The molecule has 3 heteroatoms. The molecule has 1 saturated heterocycles. The highest BCUT2D eigenvalue weighted by atomic mass is 15.2. The van der Waals surface area contributed by atoms with Crippen molar-refractivity contribution in [2.75, 3.05) is 6.54 Å². The van der Waals surface area contributed by atoms with Crippen molar-refractivity contribution < 1.29 is 0 Å². The molecule has 90 valence electrons. The van der Waals surface area contributed by atoms with Crippen LogP contribution in [0, 0.1) is 11.3 Å². The topological polar surface area (TPSA) is 53.1 Å². The number of nitrogens with two attached hydrogens (primary N) is 1.